The number of amides is 1. The summed E-state index contributed by atoms with van der Waals surface area (Å²) >= 11 is 0. The van der Waals surface area contributed by atoms with E-state index in [4.69, 9.17) is 9.72 Å². The monoisotopic (exact) mass is 592 g/mol. The molecule has 2 atom stereocenters. The Bertz CT molecular complexity index is 1600. The average Bonchev–Trinajstić information content (AvgIpc) is 3.34. The van der Waals surface area contributed by atoms with Gasteiger partial charge in [-0.05, 0) is 93.9 Å². The summed E-state index contributed by atoms with van der Waals surface area (Å²) in [5.41, 5.74) is 1.01. The van der Waals surface area contributed by atoms with Gasteiger partial charge in [-0.2, -0.15) is 8.42 Å². The fraction of sp³-hybridized carbons (Fsp3) is 0.548. The zero-order valence-corrected chi connectivity index (χ0v) is 25.7. The van der Waals surface area contributed by atoms with Crippen LogP contribution in [0.15, 0.2) is 47.6 Å². The lowest BCUT2D eigenvalue weighted by molar-refractivity contribution is 0.0981. The maximum absolute atomic E-state index is 13.6. The lowest BCUT2D eigenvalue weighted by atomic mass is 9.89. The van der Waals surface area contributed by atoms with Gasteiger partial charge >= 0.3 is 0 Å². The Balaban J connectivity index is 1.35. The summed E-state index contributed by atoms with van der Waals surface area (Å²) in [6.07, 6.45) is 8.92. The molecule has 0 radical (unpaired) electrons. The Morgan fingerprint density at radius 1 is 1.07 bits per heavy atom. The van der Waals surface area contributed by atoms with Gasteiger partial charge in [0.05, 0.1) is 12.2 Å². The number of carbonyl (C=O) groups is 1. The fourth-order valence-electron chi connectivity index (χ4n) is 6.21. The second-order valence-electron chi connectivity index (χ2n) is 13.3. The van der Waals surface area contributed by atoms with Crippen LogP contribution in [0.25, 0.3) is 5.82 Å². The van der Waals surface area contributed by atoms with E-state index in [0.29, 0.717) is 53.5 Å². The maximum Gasteiger partial charge on any atom is 0.281 e. The molecule has 3 aromatic heterocycles. The van der Waals surface area contributed by atoms with Crippen LogP contribution in [0.1, 0.15) is 82.3 Å². The first-order valence-corrected chi connectivity index (χ1v) is 16.4. The topological polar surface area (TPSA) is 119 Å². The summed E-state index contributed by atoms with van der Waals surface area (Å²) in [5, 5.41) is 4.41. The quantitative estimate of drug-likeness (QED) is 0.443. The van der Waals surface area contributed by atoms with Crippen molar-refractivity contribution in [2.75, 3.05) is 18.1 Å². The minimum absolute atomic E-state index is 0.163. The lowest BCUT2D eigenvalue weighted by Crippen LogP contribution is -2.41. The van der Waals surface area contributed by atoms with Gasteiger partial charge in [0.1, 0.15) is 5.82 Å². The van der Waals surface area contributed by atoms with Crippen LogP contribution >= 0.6 is 0 Å². The van der Waals surface area contributed by atoms with E-state index >= 15 is 0 Å². The van der Waals surface area contributed by atoms with Gasteiger partial charge < -0.3 is 9.64 Å². The number of carbonyl (C=O) groups excluding carboxylic acids is 1. The van der Waals surface area contributed by atoms with Gasteiger partial charge in [-0.1, -0.05) is 26.3 Å². The van der Waals surface area contributed by atoms with Gasteiger partial charge in [-0.25, -0.2) is 19.4 Å². The lowest BCUT2D eigenvalue weighted by Gasteiger charge is -2.34. The molecule has 4 bridgehead atoms. The van der Waals surface area contributed by atoms with Crippen LogP contribution in [0, 0.1) is 17.3 Å². The number of nitrogens with zero attached hydrogens (tertiary/aromatic N) is 5. The standard InChI is InChI=1S/C31H40N6O4S/c1-21-8-9-22-19-30(2,3)36(20-22)28-24(29(38)35-42(39,40)27-7-5-6-23(18-21)32-27)10-11-25(33-28)37-16-12-26(34-37)41-17-15-31(4)13-14-31/h5-7,10-12,16,21-22H,8-9,13-15,17-20H2,1-4H3,(H,35,38). The predicted octanol–water partition coefficient (Wildman–Crippen LogP) is 4.93. The molecule has 0 spiro atoms. The second kappa shape index (κ2) is 10.7. The van der Waals surface area contributed by atoms with Crippen molar-refractivity contribution >= 4 is 21.7 Å². The van der Waals surface area contributed by atoms with Crippen molar-refractivity contribution in [2.24, 2.45) is 17.3 Å². The minimum Gasteiger partial charge on any atom is -0.477 e. The fourth-order valence-corrected chi connectivity index (χ4v) is 7.16. The summed E-state index contributed by atoms with van der Waals surface area (Å²) < 4.78 is 36.3. The van der Waals surface area contributed by atoms with E-state index in [9.17, 15) is 13.2 Å². The highest BCUT2D eigenvalue weighted by Crippen LogP contribution is 2.48. The van der Waals surface area contributed by atoms with E-state index in [1.807, 2.05) is 12.1 Å². The van der Waals surface area contributed by atoms with E-state index < -0.39 is 15.9 Å². The predicted molar refractivity (Wildman–Crippen MR) is 159 cm³/mol. The zero-order chi connectivity index (χ0) is 29.7. The highest BCUT2D eigenvalue weighted by Gasteiger charge is 2.41. The number of rotatable bonds is 5. The molecule has 1 amide bonds. The van der Waals surface area contributed by atoms with Crippen LogP contribution in [0.4, 0.5) is 5.82 Å². The van der Waals surface area contributed by atoms with Crippen LogP contribution in [0.2, 0.25) is 0 Å². The number of nitrogens with one attached hydrogen (secondary N) is 1. The number of sulfonamides is 1. The Kier molecular flexibility index (Phi) is 7.27. The van der Waals surface area contributed by atoms with Crippen molar-refractivity contribution in [3.8, 4) is 11.7 Å². The van der Waals surface area contributed by atoms with Gasteiger partial charge in [-0.15, -0.1) is 5.10 Å². The van der Waals surface area contributed by atoms with Gasteiger partial charge in [0.2, 0.25) is 5.88 Å². The van der Waals surface area contributed by atoms with Crippen LogP contribution in [-0.2, 0) is 16.4 Å². The molecule has 11 heteroatoms. The third kappa shape index (κ3) is 6.02. The van der Waals surface area contributed by atoms with Gasteiger partial charge in [0, 0.05) is 30.0 Å². The number of pyridine rings is 2. The second-order valence-corrected chi connectivity index (χ2v) is 15.0. The Labute approximate surface area is 247 Å². The van der Waals surface area contributed by atoms with E-state index in [2.05, 4.69) is 47.4 Å². The molecule has 3 aromatic rings. The summed E-state index contributed by atoms with van der Waals surface area (Å²) in [7, 11) is -4.20. The van der Waals surface area contributed by atoms with Crippen molar-refractivity contribution in [1.29, 1.82) is 0 Å². The smallest absolute Gasteiger partial charge is 0.281 e. The maximum atomic E-state index is 13.6. The molecule has 1 aliphatic carbocycles. The Morgan fingerprint density at radius 2 is 1.88 bits per heavy atom. The Morgan fingerprint density at radius 3 is 2.67 bits per heavy atom. The molecule has 1 saturated carbocycles. The van der Waals surface area contributed by atoms with E-state index in [0.717, 1.165) is 32.2 Å². The third-order valence-electron chi connectivity index (χ3n) is 9.09. The molecular weight excluding hydrogens is 552 g/mol. The van der Waals surface area contributed by atoms with Crippen molar-refractivity contribution in [1.82, 2.24) is 24.5 Å². The normalized spacial score (nSPS) is 24.2. The van der Waals surface area contributed by atoms with Crippen molar-refractivity contribution in [2.45, 2.75) is 83.2 Å². The molecular formula is C31H40N6O4S. The first kappa shape index (κ1) is 28.6. The largest absolute Gasteiger partial charge is 0.477 e. The zero-order valence-electron chi connectivity index (χ0n) is 24.8. The summed E-state index contributed by atoms with van der Waals surface area (Å²) in [6, 6.07) is 10.1. The van der Waals surface area contributed by atoms with Gasteiger partial charge in [0.15, 0.2) is 10.8 Å². The van der Waals surface area contributed by atoms with E-state index in [1.165, 1.54) is 18.9 Å². The Hall–Kier alpha value is -3.47. The average molecular weight is 593 g/mol. The molecule has 6 rings (SSSR count). The highest BCUT2D eigenvalue weighted by atomic mass is 32.2. The van der Waals surface area contributed by atoms with Crippen molar-refractivity contribution < 1.29 is 17.9 Å². The third-order valence-corrected chi connectivity index (χ3v) is 10.3. The van der Waals surface area contributed by atoms with Gasteiger partial charge in [-0.3, -0.25) is 4.79 Å². The molecule has 224 valence electrons. The molecule has 2 aliphatic heterocycles. The van der Waals surface area contributed by atoms with Gasteiger partial charge in [0.25, 0.3) is 15.9 Å². The first-order chi connectivity index (χ1) is 19.9. The van der Waals surface area contributed by atoms with Crippen molar-refractivity contribution in [3.05, 3.63) is 53.9 Å². The number of fused-ring (bicyclic) bond motifs is 6. The highest BCUT2D eigenvalue weighted by molar-refractivity contribution is 7.90. The van der Waals surface area contributed by atoms with Crippen LogP contribution in [0.3, 0.4) is 0 Å². The van der Waals surface area contributed by atoms with Crippen LogP contribution in [0.5, 0.6) is 5.88 Å². The minimum atomic E-state index is -4.20. The number of aromatic nitrogens is 4. The molecule has 2 unspecified atom stereocenters. The number of ether oxygens (including phenoxy) is 1. The summed E-state index contributed by atoms with van der Waals surface area (Å²) in [4.78, 5) is 25.1. The van der Waals surface area contributed by atoms with E-state index in [-0.39, 0.29) is 16.1 Å². The molecule has 1 saturated heterocycles. The molecule has 10 nitrogen and oxygen atoms in total. The molecule has 0 aromatic carbocycles. The van der Waals surface area contributed by atoms with Crippen LogP contribution in [-0.4, -0.2) is 52.8 Å². The van der Waals surface area contributed by atoms with E-state index in [1.54, 1.807) is 29.1 Å². The molecule has 3 aliphatic rings. The molecule has 42 heavy (non-hydrogen) atoms. The SMILES string of the molecule is CC1CCC2CN(c3nc(-n4ccc(OCCC5(C)CC5)n4)ccc3C(=O)NS(=O)(=O)c3cccc(n3)C1)C(C)(C)C2. The first-order valence-electron chi connectivity index (χ1n) is 14.9. The molecule has 1 N–H and O–H groups in total. The van der Waals surface area contributed by atoms with Crippen molar-refractivity contribution in [3.63, 3.8) is 0 Å². The summed E-state index contributed by atoms with van der Waals surface area (Å²) in [5.74, 6) is 1.50. The van der Waals surface area contributed by atoms with Crippen LogP contribution < -0.4 is 14.4 Å². The number of hydrogen-bond donors (Lipinski definition) is 1. The number of hydrogen-bond acceptors (Lipinski definition) is 8. The molecule has 5 heterocycles. The number of anilines is 1. The summed E-state index contributed by atoms with van der Waals surface area (Å²) in [6.45, 7) is 10.1. The molecule has 2 fully saturated rings.